The zero-order valence-corrected chi connectivity index (χ0v) is 11.9. The minimum atomic E-state index is -0.323. The van der Waals surface area contributed by atoms with E-state index < -0.39 is 0 Å². The van der Waals surface area contributed by atoms with Crippen molar-refractivity contribution >= 4 is 33.3 Å². The van der Waals surface area contributed by atoms with E-state index in [2.05, 4.69) is 26.6 Å². The normalized spacial score (nSPS) is 10.0. The fourth-order valence-electron chi connectivity index (χ4n) is 1.61. The molecule has 0 radical (unpaired) electrons. The Hall–Kier alpha value is -2.01. The van der Waals surface area contributed by atoms with E-state index >= 15 is 0 Å². The molecule has 5 heteroatoms. The number of hydrogen-bond acceptors (Lipinski definition) is 2. The van der Waals surface area contributed by atoms with E-state index in [4.69, 9.17) is 0 Å². The summed E-state index contributed by atoms with van der Waals surface area (Å²) in [5, 5.41) is 14.8. The van der Waals surface area contributed by atoms with Crippen molar-refractivity contribution in [2.75, 3.05) is 10.6 Å². The van der Waals surface area contributed by atoms with Crippen molar-refractivity contribution in [3.63, 3.8) is 0 Å². The Morgan fingerprint density at radius 3 is 2.42 bits per heavy atom. The fourth-order valence-corrected chi connectivity index (χ4v) is 1.87. The van der Waals surface area contributed by atoms with Crippen molar-refractivity contribution in [1.29, 1.82) is 0 Å². The average Bonchev–Trinajstić information content (AvgIpc) is 2.36. The van der Waals surface area contributed by atoms with Crippen LogP contribution in [0.25, 0.3) is 0 Å². The number of urea groups is 1. The molecule has 0 heterocycles. The molecule has 0 aliphatic carbocycles. The maximum Gasteiger partial charge on any atom is 0.323 e. The predicted octanol–water partition coefficient (Wildman–Crippen LogP) is 4.11. The Labute approximate surface area is 119 Å². The lowest BCUT2D eigenvalue weighted by Gasteiger charge is -2.10. The van der Waals surface area contributed by atoms with Crippen LogP contribution in [0.5, 0.6) is 5.75 Å². The van der Waals surface area contributed by atoms with Gasteiger partial charge in [0.25, 0.3) is 0 Å². The van der Waals surface area contributed by atoms with Gasteiger partial charge in [0.15, 0.2) is 0 Å². The highest BCUT2D eigenvalue weighted by molar-refractivity contribution is 9.10. The van der Waals surface area contributed by atoms with Gasteiger partial charge in [-0.3, -0.25) is 0 Å². The molecule has 0 saturated carbocycles. The van der Waals surface area contributed by atoms with E-state index in [0.717, 1.165) is 10.0 Å². The van der Waals surface area contributed by atoms with E-state index in [1.807, 2.05) is 19.1 Å². The van der Waals surface area contributed by atoms with Gasteiger partial charge in [-0.1, -0.05) is 15.9 Å². The molecule has 2 rings (SSSR count). The fraction of sp³-hybridized carbons (Fsp3) is 0.0714. The molecule has 0 saturated heterocycles. The Morgan fingerprint density at radius 2 is 1.79 bits per heavy atom. The number of nitrogens with one attached hydrogen (secondary N) is 2. The molecular weight excluding hydrogens is 308 g/mol. The Kier molecular flexibility index (Phi) is 4.06. The van der Waals surface area contributed by atoms with Crippen molar-refractivity contribution < 1.29 is 9.90 Å². The zero-order valence-electron chi connectivity index (χ0n) is 10.3. The third kappa shape index (κ3) is 3.72. The van der Waals surface area contributed by atoms with E-state index in [1.165, 1.54) is 6.07 Å². The lowest BCUT2D eigenvalue weighted by molar-refractivity contribution is 0.262. The van der Waals surface area contributed by atoms with Crippen LogP contribution in [-0.4, -0.2) is 11.1 Å². The number of rotatable bonds is 2. The number of amides is 2. The first-order valence-electron chi connectivity index (χ1n) is 5.68. The summed E-state index contributed by atoms with van der Waals surface area (Å²) in [7, 11) is 0. The number of phenolic OH excluding ortho intramolecular Hbond substituents is 1. The summed E-state index contributed by atoms with van der Waals surface area (Å²) in [6.45, 7) is 1.81. The summed E-state index contributed by atoms with van der Waals surface area (Å²) >= 11 is 3.33. The van der Waals surface area contributed by atoms with Gasteiger partial charge in [-0.2, -0.15) is 0 Å². The van der Waals surface area contributed by atoms with Gasteiger partial charge in [0.2, 0.25) is 0 Å². The first-order valence-corrected chi connectivity index (χ1v) is 6.47. The quantitative estimate of drug-likeness (QED) is 0.729. The number of aryl methyl sites for hydroxylation is 1. The van der Waals surface area contributed by atoms with Crippen LogP contribution in [0.15, 0.2) is 46.9 Å². The topological polar surface area (TPSA) is 61.4 Å². The number of phenols is 1. The molecule has 0 unspecified atom stereocenters. The Morgan fingerprint density at radius 1 is 1.11 bits per heavy atom. The monoisotopic (exact) mass is 320 g/mol. The first-order chi connectivity index (χ1) is 9.04. The van der Waals surface area contributed by atoms with Gasteiger partial charge in [0.1, 0.15) is 5.75 Å². The van der Waals surface area contributed by atoms with E-state index in [9.17, 15) is 9.90 Å². The predicted molar refractivity (Wildman–Crippen MR) is 79.6 cm³/mol. The molecule has 0 spiro atoms. The van der Waals surface area contributed by atoms with Crippen molar-refractivity contribution in [3.05, 3.63) is 52.5 Å². The summed E-state index contributed by atoms with van der Waals surface area (Å²) in [5.74, 6) is 0.177. The number of aromatic hydroxyl groups is 1. The summed E-state index contributed by atoms with van der Waals surface area (Å²) < 4.78 is 0.952. The number of anilines is 2. The minimum absolute atomic E-state index is 0.177. The van der Waals surface area contributed by atoms with Crippen molar-refractivity contribution in [2.24, 2.45) is 0 Å². The third-order valence-electron chi connectivity index (χ3n) is 2.56. The van der Waals surface area contributed by atoms with Crippen molar-refractivity contribution in [2.45, 2.75) is 6.92 Å². The summed E-state index contributed by atoms with van der Waals surface area (Å²) in [6.07, 6.45) is 0. The van der Waals surface area contributed by atoms with Gasteiger partial charge in [-0.25, -0.2) is 4.79 Å². The highest BCUT2D eigenvalue weighted by Crippen LogP contribution is 2.20. The molecule has 0 atom stereocenters. The van der Waals surface area contributed by atoms with Crippen LogP contribution in [0.4, 0.5) is 16.2 Å². The van der Waals surface area contributed by atoms with Crippen LogP contribution in [0.2, 0.25) is 0 Å². The second-order valence-corrected chi connectivity index (χ2v) is 5.00. The highest BCUT2D eigenvalue weighted by Gasteiger charge is 2.05. The molecule has 19 heavy (non-hydrogen) atoms. The van der Waals surface area contributed by atoms with Crippen LogP contribution in [0, 0.1) is 6.92 Å². The largest absolute Gasteiger partial charge is 0.508 e. The minimum Gasteiger partial charge on any atom is -0.508 e. The maximum absolute atomic E-state index is 11.8. The molecular formula is C14H13BrN2O2. The lowest BCUT2D eigenvalue weighted by atomic mass is 10.2. The molecule has 0 aliphatic heterocycles. The SMILES string of the molecule is Cc1cc(O)ccc1NC(=O)Nc1ccc(Br)cc1. The number of carbonyl (C=O) groups is 1. The number of benzene rings is 2. The highest BCUT2D eigenvalue weighted by atomic mass is 79.9. The van der Waals surface area contributed by atoms with Crippen LogP contribution in [-0.2, 0) is 0 Å². The lowest BCUT2D eigenvalue weighted by Crippen LogP contribution is -2.19. The first kappa shape index (κ1) is 13.4. The molecule has 4 nitrogen and oxygen atoms in total. The third-order valence-corrected chi connectivity index (χ3v) is 3.09. The molecule has 0 bridgehead atoms. The van der Waals surface area contributed by atoms with E-state index in [1.54, 1.807) is 24.3 Å². The molecule has 2 aromatic rings. The standard InChI is InChI=1S/C14H13BrN2O2/c1-9-8-12(18)6-7-13(9)17-14(19)16-11-4-2-10(15)3-5-11/h2-8,18H,1H3,(H2,16,17,19). The van der Waals surface area contributed by atoms with Crippen molar-refractivity contribution in [3.8, 4) is 5.75 Å². The molecule has 0 aliphatic rings. The average molecular weight is 321 g/mol. The van der Waals surface area contributed by atoms with Crippen LogP contribution in [0.3, 0.4) is 0 Å². The van der Waals surface area contributed by atoms with Crippen LogP contribution < -0.4 is 10.6 Å². The second-order valence-electron chi connectivity index (χ2n) is 4.09. The molecule has 0 fully saturated rings. The van der Waals surface area contributed by atoms with Crippen molar-refractivity contribution in [1.82, 2.24) is 0 Å². The number of carbonyl (C=O) groups excluding carboxylic acids is 1. The Bertz CT molecular complexity index is 597. The van der Waals surface area contributed by atoms with Gasteiger partial charge in [-0.15, -0.1) is 0 Å². The molecule has 98 valence electrons. The Balaban J connectivity index is 2.03. The van der Waals surface area contributed by atoms with Gasteiger partial charge in [-0.05, 0) is 55.0 Å². The molecule has 0 aromatic heterocycles. The van der Waals surface area contributed by atoms with Crippen LogP contribution in [0.1, 0.15) is 5.56 Å². The smallest absolute Gasteiger partial charge is 0.323 e. The second kappa shape index (κ2) is 5.75. The summed E-state index contributed by atoms with van der Waals surface area (Å²) in [5.41, 5.74) is 2.16. The molecule has 3 N–H and O–H groups in total. The molecule has 2 aromatic carbocycles. The van der Waals surface area contributed by atoms with Gasteiger partial charge in [0, 0.05) is 15.8 Å². The van der Waals surface area contributed by atoms with Gasteiger partial charge in [0.05, 0.1) is 0 Å². The van der Waals surface area contributed by atoms with Gasteiger partial charge < -0.3 is 15.7 Å². The number of hydrogen-bond donors (Lipinski definition) is 3. The summed E-state index contributed by atoms with van der Waals surface area (Å²) in [6, 6.07) is 11.8. The number of halogens is 1. The zero-order chi connectivity index (χ0) is 13.8. The van der Waals surface area contributed by atoms with Crippen LogP contribution >= 0.6 is 15.9 Å². The summed E-state index contributed by atoms with van der Waals surface area (Å²) in [4.78, 5) is 11.8. The van der Waals surface area contributed by atoms with E-state index in [-0.39, 0.29) is 11.8 Å². The maximum atomic E-state index is 11.8. The van der Waals surface area contributed by atoms with E-state index in [0.29, 0.717) is 11.4 Å². The molecule has 2 amide bonds. The van der Waals surface area contributed by atoms with Gasteiger partial charge >= 0.3 is 6.03 Å².